The molecule has 0 bridgehead atoms. The Morgan fingerprint density at radius 3 is 2.87 bits per heavy atom. The first-order valence-corrected chi connectivity index (χ1v) is 8.63. The zero-order valence-corrected chi connectivity index (χ0v) is 13.6. The molecule has 1 unspecified atom stereocenters. The lowest BCUT2D eigenvalue weighted by atomic mass is 9.90. The summed E-state index contributed by atoms with van der Waals surface area (Å²) in [6.07, 6.45) is 7.68. The number of rotatable bonds is 2. The summed E-state index contributed by atoms with van der Waals surface area (Å²) in [6, 6.07) is 6.31. The molecule has 0 spiro atoms. The van der Waals surface area contributed by atoms with Gasteiger partial charge in [0, 0.05) is 30.3 Å². The van der Waals surface area contributed by atoms with Gasteiger partial charge in [0.1, 0.15) is 0 Å². The molecule has 2 heterocycles. The summed E-state index contributed by atoms with van der Waals surface area (Å²) in [5.41, 5.74) is 6.04. The predicted molar refractivity (Wildman–Crippen MR) is 89.7 cm³/mol. The van der Waals surface area contributed by atoms with E-state index < -0.39 is 0 Å². The number of nitrogens with one attached hydrogen (secondary N) is 1. The second kappa shape index (κ2) is 5.84. The first-order valence-electron chi connectivity index (χ1n) is 8.63. The summed E-state index contributed by atoms with van der Waals surface area (Å²) in [4.78, 5) is 14.8. The van der Waals surface area contributed by atoms with Crippen LogP contribution in [0.15, 0.2) is 24.4 Å². The molecule has 1 atom stereocenters. The van der Waals surface area contributed by atoms with Crippen LogP contribution in [0.5, 0.6) is 0 Å². The third-order valence-corrected chi connectivity index (χ3v) is 5.35. The predicted octanol–water partition coefficient (Wildman–Crippen LogP) is 3.23. The van der Waals surface area contributed by atoms with Gasteiger partial charge < -0.3 is 4.90 Å². The summed E-state index contributed by atoms with van der Waals surface area (Å²) in [6.45, 7) is 3.70. The molecule has 1 amide bonds. The molecule has 4 rings (SSSR count). The number of likely N-dealkylation sites (tertiary alicyclic amines) is 1. The van der Waals surface area contributed by atoms with Crippen LogP contribution in [0.4, 0.5) is 0 Å². The summed E-state index contributed by atoms with van der Waals surface area (Å²) in [7, 11) is 0. The Morgan fingerprint density at radius 1 is 1.26 bits per heavy atom. The first-order chi connectivity index (χ1) is 11.2. The smallest absolute Gasteiger partial charge is 0.253 e. The minimum Gasteiger partial charge on any atom is -0.338 e. The summed E-state index contributed by atoms with van der Waals surface area (Å²) < 4.78 is 0. The highest BCUT2D eigenvalue weighted by molar-refractivity contribution is 5.94. The number of hydrogen-bond donors (Lipinski definition) is 1. The van der Waals surface area contributed by atoms with Crippen molar-refractivity contribution >= 4 is 5.91 Å². The molecule has 2 aromatic rings. The number of H-pyrrole nitrogens is 1. The number of aryl methyl sites for hydroxylation is 3. The van der Waals surface area contributed by atoms with E-state index in [0.29, 0.717) is 5.92 Å². The minimum atomic E-state index is 0.179. The molecule has 1 saturated heterocycles. The van der Waals surface area contributed by atoms with Crippen LogP contribution >= 0.6 is 0 Å². The molecule has 1 aromatic carbocycles. The molecule has 1 fully saturated rings. The van der Waals surface area contributed by atoms with Gasteiger partial charge in [-0.15, -0.1) is 0 Å². The van der Waals surface area contributed by atoms with Gasteiger partial charge in [-0.25, -0.2) is 0 Å². The average molecular weight is 309 g/mol. The standard InChI is InChI=1S/C19H23N3O/c1-13-11-20-21-18(13)17-8-9-22(12-17)19(23)16-7-6-14-4-2-3-5-15(14)10-16/h6-7,10-11,17H,2-5,8-9,12H2,1H3,(H,20,21). The SMILES string of the molecule is Cc1cn[nH]c1C1CCN(C(=O)c2ccc3c(c2)CCCC3)C1. The van der Waals surface area contributed by atoms with Crippen molar-refractivity contribution in [2.24, 2.45) is 0 Å². The lowest BCUT2D eigenvalue weighted by molar-refractivity contribution is 0.0790. The maximum Gasteiger partial charge on any atom is 0.253 e. The average Bonchev–Trinajstić information content (AvgIpc) is 3.22. The molecule has 23 heavy (non-hydrogen) atoms. The Labute approximate surface area is 136 Å². The lowest BCUT2D eigenvalue weighted by Gasteiger charge is -2.20. The zero-order valence-electron chi connectivity index (χ0n) is 13.6. The second-order valence-corrected chi connectivity index (χ2v) is 6.89. The molecule has 1 aliphatic heterocycles. The van der Waals surface area contributed by atoms with Gasteiger partial charge in [0.2, 0.25) is 0 Å². The van der Waals surface area contributed by atoms with Gasteiger partial charge in [-0.3, -0.25) is 9.89 Å². The van der Waals surface area contributed by atoms with Crippen molar-refractivity contribution in [3.8, 4) is 0 Å². The van der Waals surface area contributed by atoms with Crippen molar-refractivity contribution in [1.29, 1.82) is 0 Å². The summed E-state index contributed by atoms with van der Waals surface area (Å²) in [5, 5.41) is 7.21. The van der Waals surface area contributed by atoms with E-state index in [2.05, 4.69) is 29.3 Å². The number of carbonyl (C=O) groups is 1. The Kier molecular flexibility index (Phi) is 3.68. The van der Waals surface area contributed by atoms with Crippen LogP contribution in [0, 0.1) is 6.92 Å². The fourth-order valence-corrected chi connectivity index (χ4v) is 4.00. The molecule has 1 N–H and O–H groups in total. The van der Waals surface area contributed by atoms with Gasteiger partial charge in [0.15, 0.2) is 0 Å². The molecule has 4 heteroatoms. The maximum absolute atomic E-state index is 12.8. The number of amides is 1. The van der Waals surface area contributed by atoms with E-state index in [1.54, 1.807) is 0 Å². The van der Waals surface area contributed by atoms with Gasteiger partial charge in [-0.05, 0) is 67.9 Å². The fraction of sp³-hybridized carbons (Fsp3) is 0.474. The Bertz CT molecular complexity index is 734. The van der Waals surface area contributed by atoms with E-state index in [9.17, 15) is 4.79 Å². The Balaban J connectivity index is 1.51. The Hall–Kier alpha value is -2.10. The summed E-state index contributed by atoms with van der Waals surface area (Å²) >= 11 is 0. The van der Waals surface area contributed by atoms with Crippen LogP contribution in [0.25, 0.3) is 0 Å². The van der Waals surface area contributed by atoms with E-state index in [1.165, 1.54) is 35.2 Å². The largest absolute Gasteiger partial charge is 0.338 e. The molecule has 4 nitrogen and oxygen atoms in total. The van der Waals surface area contributed by atoms with Crippen molar-refractivity contribution in [2.75, 3.05) is 13.1 Å². The highest BCUT2D eigenvalue weighted by atomic mass is 16.2. The molecule has 0 radical (unpaired) electrons. The fourth-order valence-electron chi connectivity index (χ4n) is 4.00. The minimum absolute atomic E-state index is 0.179. The quantitative estimate of drug-likeness (QED) is 0.926. The van der Waals surface area contributed by atoms with Crippen molar-refractivity contribution in [3.63, 3.8) is 0 Å². The van der Waals surface area contributed by atoms with Gasteiger partial charge in [-0.2, -0.15) is 5.10 Å². The van der Waals surface area contributed by atoms with Crippen molar-refractivity contribution in [1.82, 2.24) is 15.1 Å². The van der Waals surface area contributed by atoms with Gasteiger partial charge in [0.05, 0.1) is 6.20 Å². The van der Waals surface area contributed by atoms with Crippen molar-refractivity contribution in [3.05, 3.63) is 52.3 Å². The van der Waals surface area contributed by atoms with E-state index in [1.807, 2.05) is 17.2 Å². The number of aromatic amines is 1. The highest BCUT2D eigenvalue weighted by Crippen LogP contribution is 2.29. The van der Waals surface area contributed by atoms with Gasteiger partial charge in [0.25, 0.3) is 5.91 Å². The van der Waals surface area contributed by atoms with Crippen LogP contribution in [0.2, 0.25) is 0 Å². The van der Waals surface area contributed by atoms with Crippen molar-refractivity contribution in [2.45, 2.75) is 44.9 Å². The Morgan fingerprint density at radius 2 is 2.09 bits per heavy atom. The number of aromatic nitrogens is 2. The van der Waals surface area contributed by atoms with Crippen LogP contribution in [-0.2, 0) is 12.8 Å². The topological polar surface area (TPSA) is 49.0 Å². The first kappa shape index (κ1) is 14.5. The number of benzene rings is 1. The molecule has 120 valence electrons. The highest BCUT2D eigenvalue weighted by Gasteiger charge is 2.30. The van der Waals surface area contributed by atoms with E-state index >= 15 is 0 Å². The normalized spacial score (nSPS) is 20.6. The lowest BCUT2D eigenvalue weighted by Crippen LogP contribution is -2.28. The van der Waals surface area contributed by atoms with Crippen LogP contribution < -0.4 is 0 Å². The number of carbonyl (C=O) groups excluding carboxylic acids is 1. The number of fused-ring (bicyclic) bond motifs is 1. The zero-order chi connectivity index (χ0) is 15.8. The van der Waals surface area contributed by atoms with Gasteiger partial charge >= 0.3 is 0 Å². The monoisotopic (exact) mass is 309 g/mol. The maximum atomic E-state index is 12.8. The third kappa shape index (κ3) is 2.67. The van der Waals surface area contributed by atoms with Crippen LogP contribution in [-0.4, -0.2) is 34.1 Å². The second-order valence-electron chi connectivity index (χ2n) is 6.89. The van der Waals surface area contributed by atoms with Crippen molar-refractivity contribution < 1.29 is 4.79 Å². The van der Waals surface area contributed by atoms with E-state index in [4.69, 9.17) is 0 Å². The molecular weight excluding hydrogens is 286 g/mol. The molecule has 2 aliphatic rings. The number of nitrogens with zero attached hydrogens (tertiary/aromatic N) is 2. The molecular formula is C19H23N3O. The van der Waals surface area contributed by atoms with E-state index in [0.717, 1.165) is 37.9 Å². The summed E-state index contributed by atoms with van der Waals surface area (Å²) in [5.74, 6) is 0.567. The van der Waals surface area contributed by atoms with Crippen LogP contribution in [0.3, 0.4) is 0 Å². The molecule has 1 aliphatic carbocycles. The van der Waals surface area contributed by atoms with Crippen LogP contribution in [0.1, 0.15) is 57.9 Å². The van der Waals surface area contributed by atoms with E-state index in [-0.39, 0.29) is 5.91 Å². The molecule has 1 aromatic heterocycles. The third-order valence-electron chi connectivity index (χ3n) is 5.35. The number of hydrogen-bond acceptors (Lipinski definition) is 2. The molecule has 0 saturated carbocycles. The van der Waals surface area contributed by atoms with Gasteiger partial charge in [-0.1, -0.05) is 6.07 Å².